The van der Waals surface area contributed by atoms with Crippen molar-refractivity contribution in [3.05, 3.63) is 36.2 Å². The number of pyridine rings is 2. The van der Waals surface area contributed by atoms with Crippen molar-refractivity contribution in [3.8, 4) is 11.4 Å². The average molecular weight is 225 g/mol. The molecule has 0 aliphatic heterocycles. The summed E-state index contributed by atoms with van der Waals surface area (Å²) < 4.78 is 0. The number of fused-ring (bicyclic) bond motifs is 1. The molecule has 3 aromatic rings. The molecule has 0 aliphatic carbocycles. The number of rotatable bonds is 1. The standard InChI is InChI=1S/C12H11N5/c1-7-4-9-12(15-6-7)17-11(16-9)8-2-3-14-10(13)5-8/h2-6H,1H3,(H2,13,14)(H,15,16,17). The van der Waals surface area contributed by atoms with Crippen LogP contribution in [0, 0.1) is 6.92 Å². The fourth-order valence-corrected chi connectivity index (χ4v) is 1.74. The van der Waals surface area contributed by atoms with E-state index in [1.54, 1.807) is 18.5 Å². The van der Waals surface area contributed by atoms with Gasteiger partial charge in [0, 0.05) is 18.0 Å². The van der Waals surface area contributed by atoms with E-state index in [0.29, 0.717) is 11.5 Å². The van der Waals surface area contributed by atoms with Crippen LogP contribution in [0.3, 0.4) is 0 Å². The Morgan fingerprint density at radius 1 is 1.24 bits per heavy atom. The zero-order valence-electron chi connectivity index (χ0n) is 9.31. The Balaban J connectivity index is 2.18. The SMILES string of the molecule is Cc1cnc2nc(-c3ccnc(N)c3)[nH]c2c1. The number of hydrogen-bond acceptors (Lipinski definition) is 4. The molecule has 0 aromatic carbocycles. The minimum absolute atomic E-state index is 0.479. The summed E-state index contributed by atoms with van der Waals surface area (Å²) in [5, 5.41) is 0. The number of H-pyrrole nitrogens is 1. The van der Waals surface area contributed by atoms with Gasteiger partial charge < -0.3 is 10.7 Å². The number of anilines is 1. The molecule has 0 atom stereocenters. The summed E-state index contributed by atoms with van der Waals surface area (Å²) in [5.41, 5.74) is 9.29. The second-order valence-corrected chi connectivity index (χ2v) is 3.94. The van der Waals surface area contributed by atoms with E-state index in [2.05, 4.69) is 19.9 Å². The van der Waals surface area contributed by atoms with Gasteiger partial charge in [0.05, 0.1) is 5.52 Å². The first-order valence-electron chi connectivity index (χ1n) is 5.26. The molecule has 5 nitrogen and oxygen atoms in total. The molecular formula is C12H11N5. The van der Waals surface area contributed by atoms with Gasteiger partial charge in [-0.25, -0.2) is 15.0 Å². The van der Waals surface area contributed by atoms with Crippen molar-refractivity contribution in [1.82, 2.24) is 19.9 Å². The maximum Gasteiger partial charge on any atom is 0.178 e. The summed E-state index contributed by atoms with van der Waals surface area (Å²) in [6.07, 6.45) is 3.46. The molecule has 5 heteroatoms. The van der Waals surface area contributed by atoms with Crippen LogP contribution in [0.5, 0.6) is 0 Å². The predicted molar refractivity (Wildman–Crippen MR) is 66.3 cm³/mol. The topological polar surface area (TPSA) is 80.5 Å². The third-order valence-electron chi connectivity index (χ3n) is 2.53. The van der Waals surface area contributed by atoms with Gasteiger partial charge in [0.25, 0.3) is 0 Å². The van der Waals surface area contributed by atoms with Gasteiger partial charge in [-0.3, -0.25) is 0 Å². The molecule has 0 fully saturated rings. The van der Waals surface area contributed by atoms with Crippen molar-refractivity contribution in [3.63, 3.8) is 0 Å². The van der Waals surface area contributed by atoms with Crippen molar-refractivity contribution in [1.29, 1.82) is 0 Å². The summed E-state index contributed by atoms with van der Waals surface area (Å²) in [6, 6.07) is 5.66. The number of nitrogens with zero attached hydrogens (tertiary/aromatic N) is 3. The summed E-state index contributed by atoms with van der Waals surface area (Å²) in [7, 11) is 0. The third kappa shape index (κ3) is 1.71. The fourth-order valence-electron chi connectivity index (χ4n) is 1.74. The molecule has 0 spiro atoms. The van der Waals surface area contributed by atoms with Crippen LogP contribution >= 0.6 is 0 Å². The zero-order valence-corrected chi connectivity index (χ0v) is 9.31. The Labute approximate surface area is 97.7 Å². The molecule has 0 radical (unpaired) electrons. The first-order valence-corrected chi connectivity index (χ1v) is 5.26. The van der Waals surface area contributed by atoms with E-state index in [1.807, 2.05) is 19.1 Å². The van der Waals surface area contributed by atoms with Gasteiger partial charge >= 0.3 is 0 Å². The maximum absolute atomic E-state index is 5.65. The second kappa shape index (κ2) is 3.55. The van der Waals surface area contributed by atoms with Crippen LogP contribution < -0.4 is 5.73 Å². The van der Waals surface area contributed by atoms with E-state index in [4.69, 9.17) is 5.73 Å². The maximum atomic E-state index is 5.65. The number of nitrogen functional groups attached to an aromatic ring is 1. The highest BCUT2D eigenvalue weighted by molar-refractivity contribution is 5.76. The van der Waals surface area contributed by atoms with Crippen molar-refractivity contribution in [2.24, 2.45) is 0 Å². The van der Waals surface area contributed by atoms with Crippen LogP contribution in [0.4, 0.5) is 5.82 Å². The quantitative estimate of drug-likeness (QED) is 0.663. The fraction of sp³-hybridized carbons (Fsp3) is 0.0833. The van der Waals surface area contributed by atoms with E-state index in [0.717, 1.165) is 22.5 Å². The molecule has 3 aromatic heterocycles. The minimum Gasteiger partial charge on any atom is -0.384 e. The molecule has 3 rings (SSSR count). The van der Waals surface area contributed by atoms with Crippen LogP contribution in [0.1, 0.15) is 5.56 Å². The normalized spacial score (nSPS) is 10.9. The second-order valence-electron chi connectivity index (χ2n) is 3.94. The Hall–Kier alpha value is -2.43. The number of aromatic nitrogens is 4. The van der Waals surface area contributed by atoms with Crippen LogP contribution in [0.15, 0.2) is 30.6 Å². The number of aryl methyl sites for hydroxylation is 1. The molecule has 0 amide bonds. The predicted octanol–water partition coefficient (Wildman–Crippen LogP) is 1.91. The van der Waals surface area contributed by atoms with Gasteiger partial charge in [0.2, 0.25) is 0 Å². The lowest BCUT2D eigenvalue weighted by Crippen LogP contribution is -1.90. The number of nitrogens with one attached hydrogen (secondary N) is 1. The Morgan fingerprint density at radius 2 is 2.12 bits per heavy atom. The smallest absolute Gasteiger partial charge is 0.178 e. The molecule has 0 unspecified atom stereocenters. The summed E-state index contributed by atoms with van der Waals surface area (Å²) in [4.78, 5) is 15.9. The molecule has 0 saturated carbocycles. The number of hydrogen-bond donors (Lipinski definition) is 2. The van der Waals surface area contributed by atoms with Crippen molar-refractivity contribution in [2.75, 3.05) is 5.73 Å². The van der Waals surface area contributed by atoms with Gasteiger partial charge in [-0.1, -0.05) is 0 Å². The lowest BCUT2D eigenvalue weighted by Gasteiger charge is -1.96. The van der Waals surface area contributed by atoms with Gasteiger partial charge in [-0.05, 0) is 30.7 Å². The molecule has 0 saturated heterocycles. The zero-order chi connectivity index (χ0) is 11.8. The van der Waals surface area contributed by atoms with Crippen molar-refractivity contribution in [2.45, 2.75) is 6.92 Å². The average Bonchev–Trinajstić information content (AvgIpc) is 2.72. The lowest BCUT2D eigenvalue weighted by atomic mass is 10.2. The van der Waals surface area contributed by atoms with Crippen molar-refractivity contribution < 1.29 is 0 Å². The van der Waals surface area contributed by atoms with E-state index < -0.39 is 0 Å². The monoisotopic (exact) mass is 225 g/mol. The highest BCUT2D eigenvalue weighted by atomic mass is 15.0. The molecular weight excluding hydrogens is 214 g/mol. The number of aromatic amines is 1. The van der Waals surface area contributed by atoms with Crippen LogP contribution in [0.2, 0.25) is 0 Å². The molecule has 84 valence electrons. The van der Waals surface area contributed by atoms with Gasteiger partial charge in [-0.2, -0.15) is 0 Å². The van der Waals surface area contributed by atoms with Crippen LogP contribution in [-0.2, 0) is 0 Å². The first kappa shape index (κ1) is 9.77. The van der Waals surface area contributed by atoms with E-state index >= 15 is 0 Å². The Morgan fingerprint density at radius 3 is 2.94 bits per heavy atom. The van der Waals surface area contributed by atoms with Gasteiger partial charge in [-0.15, -0.1) is 0 Å². The Kier molecular flexibility index (Phi) is 2.04. The number of nitrogens with two attached hydrogens (primary N) is 1. The largest absolute Gasteiger partial charge is 0.384 e. The van der Waals surface area contributed by atoms with Crippen LogP contribution in [-0.4, -0.2) is 19.9 Å². The first-order chi connectivity index (χ1) is 8.22. The third-order valence-corrected chi connectivity index (χ3v) is 2.53. The molecule has 0 aliphatic rings. The summed E-state index contributed by atoms with van der Waals surface area (Å²) in [5.74, 6) is 1.24. The Bertz CT molecular complexity index is 686. The van der Waals surface area contributed by atoms with Crippen molar-refractivity contribution >= 4 is 17.0 Å². The minimum atomic E-state index is 0.479. The van der Waals surface area contributed by atoms with Gasteiger partial charge in [0.1, 0.15) is 11.6 Å². The summed E-state index contributed by atoms with van der Waals surface area (Å²) >= 11 is 0. The molecule has 3 N–H and O–H groups in total. The summed E-state index contributed by atoms with van der Waals surface area (Å²) in [6.45, 7) is 2.00. The van der Waals surface area contributed by atoms with E-state index in [9.17, 15) is 0 Å². The molecule has 3 heterocycles. The van der Waals surface area contributed by atoms with Crippen LogP contribution in [0.25, 0.3) is 22.6 Å². The van der Waals surface area contributed by atoms with Gasteiger partial charge in [0.15, 0.2) is 5.65 Å². The highest BCUT2D eigenvalue weighted by Gasteiger charge is 2.06. The lowest BCUT2D eigenvalue weighted by molar-refractivity contribution is 1.27. The molecule has 17 heavy (non-hydrogen) atoms. The van der Waals surface area contributed by atoms with E-state index in [1.165, 1.54) is 0 Å². The number of imidazole rings is 1. The molecule has 0 bridgehead atoms. The van der Waals surface area contributed by atoms with E-state index in [-0.39, 0.29) is 0 Å². The highest BCUT2D eigenvalue weighted by Crippen LogP contribution is 2.20.